The van der Waals surface area contributed by atoms with Crippen LogP contribution < -0.4 is 5.32 Å². The van der Waals surface area contributed by atoms with Gasteiger partial charge in [0.25, 0.3) is 10.1 Å². The van der Waals surface area contributed by atoms with Crippen molar-refractivity contribution < 1.29 is 22.1 Å². The van der Waals surface area contributed by atoms with E-state index in [1.807, 2.05) is 18.2 Å². The molecule has 0 bridgehead atoms. The fourth-order valence-corrected chi connectivity index (χ4v) is 2.77. The smallest absolute Gasteiger partial charge is 0.408 e. The standard InChI is InChI=1S/C16H25NO5S/c1-6-13(22-23(5,19)20)14(12-10-8-7-9-11-12)17-15(18)21-16(2,3)4/h7-11,13-14H,6H2,1-5H3,(H,17,18)/t13-,14+/m1/s1. The van der Waals surface area contributed by atoms with Gasteiger partial charge in [0.2, 0.25) is 0 Å². The van der Waals surface area contributed by atoms with E-state index < -0.39 is 34.0 Å². The largest absolute Gasteiger partial charge is 0.444 e. The van der Waals surface area contributed by atoms with Crippen LogP contribution in [0, 0.1) is 0 Å². The number of nitrogens with one attached hydrogen (secondary N) is 1. The molecular formula is C16H25NO5S. The summed E-state index contributed by atoms with van der Waals surface area (Å²) in [6, 6.07) is 8.43. The lowest BCUT2D eigenvalue weighted by atomic mass is 10.00. The van der Waals surface area contributed by atoms with E-state index in [9.17, 15) is 13.2 Å². The molecule has 0 radical (unpaired) electrons. The van der Waals surface area contributed by atoms with Gasteiger partial charge < -0.3 is 10.1 Å². The minimum atomic E-state index is -3.65. The van der Waals surface area contributed by atoms with E-state index in [1.54, 1.807) is 39.8 Å². The zero-order valence-corrected chi connectivity index (χ0v) is 15.0. The highest BCUT2D eigenvalue weighted by atomic mass is 32.2. The first-order valence-electron chi connectivity index (χ1n) is 7.44. The van der Waals surface area contributed by atoms with Crippen molar-refractivity contribution >= 4 is 16.2 Å². The molecule has 130 valence electrons. The van der Waals surface area contributed by atoms with Crippen LogP contribution in [-0.4, -0.2) is 32.5 Å². The number of hydrogen-bond donors (Lipinski definition) is 1. The van der Waals surface area contributed by atoms with Crippen molar-refractivity contribution in [1.82, 2.24) is 5.32 Å². The summed E-state index contributed by atoms with van der Waals surface area (Å²) in [6.45, 7) is 7.07. The number of amides is 1. The van der Waals surface area contributed by atoms with E-state index in [2.05, 4.69) is 5.32 Å². The van der Waals surface area contributed by atoms with Gasteiger partial charge in [-0.15, -0.1) is 0 Å². The fourth-order valence-electron chi connectivity index (χ4n) is 2.07. The maximum Gasteiger partial charge on any atom is 0.408 e. The number of ether oxygens (including phenoxy) is 1. The average Bonchev–Trinajstić information content (AvgIpc) is 2.40. The van der Waals surface area contributed by atoms with Gasteiger partial charge in [-0.05, 0) is 32.8 Å². The van der Waals surface area contributed by atoms with Crippen LogP contribution in [0.1, 0.15) is 45.7 Å². The summed E-state index contributed by atoms with van der Waals surface area (Å²) in [7, 11) is -3.65. The van der Waals surface area contributed by atoms with Crippen molar-refractivity contribution in [1.29, 1.82) is 0 Å². The first-order chi connectivity index (χ1) is 10.5. The quantitative estimate of drug-likeness (QED) is 0.803. The molecule has 23 heavy (non-hydrogen) atoms. The van der Waals surface area contributed by atoms with Gasteiger partial charge >= 0.3 is 6.09 Å². The molecule has 0 aliphatic rings. The third-order valence-electron chi connectivity index (χ3n) is 2.90. The Morgan fingerprint density at radius 2 is 1.78 bits per heavy atom. The Hall–Kier alpha value is -1.60. The van der Waals surface area contributed by atoms with E-state index in [4.69, 9.17) is 8.92 Å². The Labute approximate surface area is 138 Å². The van der Waals surface area contributed by atoms with Crippen LogP contribution in [0.5, 0.6) is 0 Å². The molecule has 2 atom stereocenters. The van der Waals surface area contributed by atoms with Crippen LogP contribution >= 0.6 is 0 Å². The van der Waals surface area contributed by atoms with Gasteiger partial charge in [-0.1, -0.05) is 37.3 Å². The van der Waals surface area contributed by atoms with Crippen LogP contribution in [0.3, 0.4) is 0 Å². The van der Waals surface area contributed by atoms with Crippen LogP contribution in [0.2, 0.25) is 0 Å². The first-order valence-corrected chi connectivity index (χ1v) is 9.26. The summed E-state index contributed by atoms with van der Waals surface area (Å²) in [5.41, 5.74) is 0.0962. The van der Waals surface area contributed by atoms with E-state index in [1.165, 1.54) is 0 Å². The topological polar surface area (TPSA) is 81.7 Å². The highest BCUT2D eigenvalue weighted by molar-refractivity contribution is 7.86. The molecule has 0 heterocycles. The van der Waals surface area contributed by atoms with E-state index in [-0.39, 0.29) is 0 Å². The Morgan fingerprint density at radius 1 is 1.22 bits per heavy atom. The van der Waals surface area contributed by atoms with Crippen molar-refractivity contribution in [3.63, 3.8) is 0 Å². The number of benzene rings is 1. The molecule has 1 amide bonds. The second-order valence-corrected chi connectivity index (χ2v) is 7.88. The zero-order chi connectivity index (χ0) is 17.7. The predicted octanol–water partition coefficient (Wildman–Crippen LogP) is 3.01. The molecule has 0 spiro atoms. The molecule has 0 aromatic heterocycles. The molecule has 1 rings (SSSR count). The second kappa shape index (κ2) is 7.79. The monoisotopic (exact) mass is 343 g/mol. The number of hydrogen-bond acceptors (Lipinski definition) is 5. The van der Waals surface area contributed by atoms with Crippen molar-refractivity contribution in [2.75, 3.05) is 6.26 Å². The molecule has 1 aromatic carbocycles. The van der Waals surface area contributed by atoms with Crippen molar-refractivity contribution in [2.24, 2.45) is 0 Å². The fraction of sp³-hybridized carbons (Fsp3) is 0.562. The molecule has 0 saturated carbocycles. The van der Waals surface area contributed by atoms with Crippen LogP contribution in [-0.2, 0) is 19.0 Å². The molecule has 0 aliphatic carbocycles. The van der Waals surface area contributed by atoms with Crippen LogP contribution in [0.15, 0.2) is 30.3 Å². The van der Waals surface area contributed by atoms with Gasteiger partial charge in [-0.25, -0.2) is 4.79 Å². The Kier molecular flexibility index (Phi) is 6.58. The highest BCUT2D eigenvalue weighted by Gasteiger charge is 2.29. The number of rotatable bonds is 6. The summed E-state index contributed by atoms with van der Waals surface area (Å²) in [5.74, 6) is 0. The predicted molar refractivity (Wildman–Crippen MR) is 88.6 cm³/mol. The number of alkyl carbamates (subject to hydrolysis) is 1. The Balaban J connectivity index is 3.04. The lowest BCUT2D eigenvalue weighted by molar-refractivity contribution is 0.0444. The maximum atomic E-state index is 12.1. The van der Waals surface area contributed by atoms with Crippen LogP contribution in [0.25, 0.3) is 0 Å². The molecule has 6 nitrogen and oxygen atoms in total. The highest BCUT2D eigenvalue weighted by Crippen LogP contribution is 2.23. The number of carbonyl (C=O) groups is 1. The Morgan fingerprint density at radius 3 is 2.22 bits per heavy atom. The van der Waals surface area contributed by atoms with Crippen molar-refractivity contribution in [2.45, 2.75) is 51.9 Å². The van der Waals surface area contributed by atoms with Gasteiger partial charge in [0.15, 0.2) is 0 Å². The third kappa shape index (κ3) is 7.47. The number of carbonyl (C=O) groups excluding carboxylic acids is 1. The van der Waals surface area contributed by atoms with Crippen molar-refractivity contribution in [3.05, 3.63) is 35.9 Å². The summed E-state index contributed by atoms with van der Waals surface area (Å²) >= 11 is 0. The molecular weight excluding hydrogens is 318 g/mol. The van der Waals surface area contributed by atoms with Crippen LogP contribution in [0.4, 0.5) is 4.79 Å². The van der Waals surface area contributed by atoms with E-state index in [0.29, 0.717) is 6.42 Å². The van der Waals surface area contributed by atoms with Gasteiger partial charge in [0.05, 0.1) is 12.3 Å². The van der Waals surface area contributed by atoms with E-state index >= 15 is 0 Å². The lowest BCUT2D eigenvalue weighted by Gasteiger charge is -2.28. The maximum absolute atomic E-state index is 12.1. The third-order valence-corrected chi connectivity index (χ3v) is 3.50. The molecule has 0 aliphatic heterocycles. The summed E-state index contributed by atoms with van der Waals surface area (Å²) < 4.78 is 33.4. The molecule has 0 unspecified atom stereocenters. The second-order valence-electron chi connectivity index (χ2n) is 6.28. The van der Waals surface area contributed by atoms with Crippen molar-refractivity contribution in [3.8, 4) is 0 Å². The Bertz CT molecular complexity index is 607. The van der Waals surface area contributed by atoms with Gasteiger partial charge in [-0.3, -0.25) is 4.18 Å². The minimum Gasteiger partial charge on any atom is -0.444 e. The first kappa shape index (κ1) is 19.4. The molecule has 1 aromatic rings. The van der Waals surface area contributed by atoms with Gasteiger partial charge in [0.1, 0.15) is 11.7 Å². The zero-order valence-electron chi connectivity index (χ0n) is 14.2. The molecule has 0 fully saturated rings. The SMILES string of the molecule is CC[C@@H](OS(C)(=O)=O)[C@@H](NC(=O)OC(C)(C)C)c1ccccc1. The summed E-state index contributed by atoms with van der Waals surface area (Å²) in [6.07, 6.45) is 0.0509. The minimum absolute atomic E-state index is 0.405. The average molecular weight is 343 g/mol. The van der Waals surface area contributed by atoms with Gasteiger partial charge in [-0.2, -0.15) is 8.42 Å². The molecule has 1 N–H and O–H groups in total. The summed E-state index contributed by atoms with van der Waals surface area (Å²) in [4.78, 5) is 12.1. The molecule has 7 heteroatoms. The molecule has 0 saturated heterocycles. The normalized spacial score (nSPS) is 14.8. The van der Waals surface area contributed by atoms with Gasteiger partial charge in [0, 0.05) is 0 Å². The lowest BCUT2D eigenvalue weighted by Crippen LogP contribution is -2.41. The van der Waals surface area contributed by atoms with E-state index in [0.717, 1.165) is 11.8 Å². The summed E-state index contributed by atoms with van der Waals surface area (Å²) in [5, 5.41) is 2.71.